The van der Waals surface area contributed by atoms with E-state index in [4.69, 9.17) is 5.73 Å². The lowest BCUT2D eigenvalue weighted by Gasteiger charge is -2.34. The molecule has 2 fully saturated rings. The zero-order valence-electron chi connectivity index (χ0n) is 12.7. The summed E-state index contributed by atoms with van der Waals surface area (Å²) in [5.41, 5.74) is 6.18. The van der Waals surface area contributed by atoms with Crippen LogP contribution in [0.3, 0.4) is 0 Å². The molecule has 0 bridgehead atoms. The highest BCUT2D eigenvalue weighted by atomic mass is 16.2. The smallest absolute Gasteiger partial charge is 0.224 e. The fraction of sp³-hybridized carbons (Fsp3) is 0.938. The van der Waals surface area contributed by atoms with Gasteiger partial charge in [0.05, 0.1) is 0 Å². The summed E-state index contributed by atoms with van der Waals surface area (Å²) in [7, 11) is 0. The minimum Gasteiger partial charge on any atom is -0.339 e. The maximum absolute atomic E-state index is 12.7. The largest absolute Gasteiger partial charge is 0.339 e. The Balaban J connectivity index is 1.98. The van der Waals surface area contributed by atoms with Crippen LogP contribution in [0.1, 0.15) is 71.6 Å². The second-order valence-electron chi connectivity index (χ2n) is 7.12. The number of hydrogen-bond donors (Lipinski definition) is 1. The van der Waals surface area contributed by atoms with Gasteiger partial charge < -0.3 is 10.6 Å². The molecule has 0 radical (unpaired) electrons. The number of hydrogen-bond acceptors (Lipinski definition) is 2. The van der Waals surface area contributed by atoms with E-state index in [0.717, 1.165) is 19.4 Å². The van der Waals surface area contributed by atoms with Crippen molar-refractivity contribution in [3.8, 4) is 0 Å². The number of carbonyl (C=O) groups excluding carboxylic acids is 1. The number of rotatable bonds is 5. The Kier molecular flexibility index (Phi) is 4.88. The third-order valence-corrected chi connectivity index (χ3v) is 4.75. The van der Waals surface area contributed by atoms with E-state index in [9.17, 15) is 4.79 Å². The molecule has 1 amide bonds. The molecule has 0 aromatic carbocycles. The monoisotopic (exact) mass is 266 g/mol. The zero-order chi connectivity index (χ0) is 13.9. The van der Waals surface area contributed by atoms with Crippen molar-refractivity contribution in [2.45, 2.75) is 83.2 Å². The molecule has 2 aliphatic rings. The van der Waals surface area contributed by atoms with Gasteiger partial charge in [0, 0.05) is 24.5 Å². The highest BCUT2D eigenvalue weighted by Crippen LogP contribution is 2.32. The second-order valence-corrected chi connectivity index (χ2v) is 7.12. The number of nitrogens with zero attached hydrogens (tertiary/aromatic N) is 1. The maximum Gasteiger partial charge on any atom is 0.224 e. The molecule has 0 saturated heterocycles. The van der Waals surface area contributed by atoms with Gasteiger partial charge in [-0.05, 0) is 31.6 Å². The van der Waals surface area contributed by atoms with Gasteiger partial charge in [0.25, 0.3) is 0 Å². The summed E-state index contributed by atoms with van der Waals surface area (Å²) in [6.45, 7) is 5.30. The van der Waals surface area contributed by atoms with Crippen LogP contribution in [-0.2, 0) is 4.79 Å². The van der Waals surface area contributed by atoms with Crippen LogP contribution in [0.5, 0.6) is 0 Å². The summed E-state index contributed by atoms with van der Waals surface area (Å²) < 4.78 is 0. The van der Waals surface area contributed by atoms with Crippen molar-refractivity contribution in [1.29, 1.82) is 0 Å². The van der Waals surface area contributed by atoms with Crippen LogP contribution in [0.25, 0.3) is 0 Å². The predicted octanol–water partition coefficient (Wildman–Crippen LogP) is 3.08. The van der Waals surface area contributed by atoms with Crippen LogP contribution >= 0.6 is 0 Å². The average molecular weight is 266 g/mol. The topological polar surface area (TPSA) is 46.3 Å². The average Bonchev–Trinajstić information content (AvgIpc) is 2.97. The lowest BCUT2D eigenvalue weighted by atomic mass is 9.93. The molecule has 3 nitrogen and oxygen atoms in total. The second kappa shape index (κ2) is 6.25. The van der Waals surface area contributed by atoms with Gasteiger partial charge in [-0.3, -0.25) is 4.79 Å². The molecule has 2 N–H and O–H groups in total. The first-order valence-electron chi connectivity index (χ1n) is 8.08. The molecule has 0 aromatic rings. The molecule has 0 atom stereocenters. The van der Waals surface area contributed by atoms with Crippen LogP contribution in [0, 0.1) is 5.92 Å². The molecule has 3 heteroatoms. The van der Waals surface area contributed by atoms with Crippen LogP contribution in [0.15, 0.2) is 0 Å². The maximum atomic E-state index is 12.7. The highest BCUT2D eigenvalue weighted by molar-refractivity contribution is 5.78. The van der Waals surface area contributed by atoms with E-state index in [1.54, 1.807) is 0 Å². The molecule has 0 aromatic heterocycles. The minimum absolute atomic E-state index is 0.203. The van der Waals surface area contributed by atoms with Crippen LogP contribution in [0.4, 0.5) is 0 Å². The number of nitrogens with two attached hydrogens (primary N) is 1. The van der Waals surface area contributed by atoms with Gasteiger partial charge in [-0.2, -0.15) is 0 Å². The van der Waals surface area contributed by atoms with E-state index >= 15 is 0 Å². The quantitative estimate of drug-likeness (QED) is 0.831. The fourth-order valence-electron chi connectivity index (χ4n) is 3.72. The SMILES string of the molecule is CC(C)CN(C(=O)CC1(N)CCCC1)C1CCCC1. The van der Waals surface area contributed by atoms with Crippen LogP contribution < -0.4 is 5.73 Å². The van der Waals surface area contributed by atoms with Gasteiger partial charge in [-0.25, -0.2) is 0 Å². The van der Waals surface area contributed by atoms with Gasteiger partial charge in [-0.1, -0.05) is 39.5 Å². The van der Waals surface area contributed by atoms with Crippen LogP contribution in [-0.4, -0.2) is 28.9 Å². The van der Waals surface area contributed by atoms with Crippen molar-refractivity contribution in [2.24, 2.45) is 11.7 Å². The predicted molar refractivity (Wildman–Crippen MR) is 78.8 cm³/mol. The lowest BCUT2D eigenvalue weighted by molar-refractivity contribution is -0.135. The van der Waals surface area contributed by atoms with Crippen molar-refractivity contribution in [3.05, 3.63) is 0 Å². The molecule has 0 spiro atoms. The molecule has 2 saturated carbocycles. The van der Waals surface area contributed by atoms with E-state index < -0.39 is 0 Å². The first-order valence-corrected chi connectivity index (χ1v) is 8.08. The Morgan fingerprint density at radius 1 is 1.21 bits per heavy atom. The van der Waals surface area contributed by atoms with Gasteiger partial charge in [0.1, 0.15) is 0 Å². The van der Waals surface area contributed by atoms with Crippen molar-refractivity contribution in [1.82, 2.24) is 4.90 Å². The number of amides is 1. The minimum atomic E-state index is -0.203. The summed E-state index contributed by atoms with van der Waals surface area (Å²) in [6, 6.07) is 0.486. The van der Waals surface area contributed by atoms with Gasteiger partial charge in [0.2, 0.25) is 5.91 Å². The van der Waals surface area contributed by atoms with Gasteiger partial charge in [-0.15, -0.1) is 0 Å². The molecule has 19 heavy (non-hydrogen) atoms. The van der Waals surface area contributed by atoms with E-state index in [2.05, 4.69) is 18.7 Å². The Morgan fingerprint density at radius 3 is 2.32 bits per heavy atom. The molecule has 2 aliphatic carbocycles. The van der Waals surface area contributed by atoms with Crippen molar-refractivity contribution in [2.75, 3.05) is 6.54 Å². The third kappa shape index (κ3) is 3.95. The standard InChI is InChI=1S/C16H30N2O/c1-13(2)12-18(14-7-3-4-8-14)15(19)11-16(17)9-5-6-10-16/h13-14H,3-12,17H2,1-2H3. The summed E-state index contributed by atoms with van der Waals surface area (Å²) in [5, 5.41) is 0. The van der Waals surface area contributed by atoms with E-state index in [-0.39, 0.29) is 5.54 Å². The van der Waals surface area contributed by atoms with E-state index in [0.29, 0.717) is 24.3 Å². The normalized spacial score (nSPS) is 23.2. The zero-order valence-corrected chi connectivity index (χ0v) is 12.7. The molecule has 110 valence electrons. The lowest BCUT2D eigenvalue weighted by Crippen LogP contribution is -2.47. The molecule has 2 rings (SSSR count). The van der Waals surface area contributed by atoms with Crippen molar-refractivity contribution >= 4 is 5.91 Å². The summed E-state index contributed by atoms with van der Waals surface area (Å²) in [6.07, 6.45) is 9.94. The highest BCUT2D eigenvalue weighted by Gasteiger charge is 2.35. The van der Waals surface area contributed by atoms with Crippen molar-refractivity contribution in [3.63, 3.8) is 0 Å². The van der Waals surface area contributed by atoms with Crippen molar-refractivity contribution < 1.29 is 4.79 Å². The molecule has 0 heterocycles. The van der Waals surface area contributed by atoms with Crippen LogP contribution in [0.2, 0.25) is 0 Å². The molecular weight excluding hydrogens is 236 g/mol. The summed E-state index contributed by atoms with van der Waals surface area (Å²) in [4.78, 5) is 14.8. The van der Waals surface area contributed by atoms with E-state index in [1.807, 2.05) is 0 Å². The Labute approximate surface area is 117 Å². The number of carbonyl (C=O) groups is 1. The first-order chi connectivity index (χ1) is 9.00. The van der Waals surface area contributed by atoms with Gasteiger partial charge in [0.15, 0.2) is 0 Å². The molecular formula is C16H30N2O. The third-order valence-electron chi connectivity index (χ3n) is 4.75. The Bertz CT molecular complexity index is 302. The fourth-order valence-corrected chi connectivity index (χ4v) is 3.72. The Morgan fingerprint density at radius 2 is 1.79 bits per heavy atom. The van der Waals surface area contributed by atoms with E-state index in [1.165, 1.54) is 38.5 Å². The summed E-state index contributed by atoms with van der Waals surface area (Å²) >= 11 is 0. The molecule has 0 unspecified atom stereocenters. The van der Waals surface area contributed by atoms with Gasteiger partial charge >= 0.3 is 0 Å². The first kappa shape index (κ1) is 14.8. The molecule has 0 aliphatic heterocycles. The summed E-state index contributed by atoms with van der Waals surface area (Å²) in [5.74, 6) is 0.854. The Hall–Kier alpha value is -0.570.